The van der Waals surface area contributed by atoms with Crippen molar-refractivity contribution in [2.75, 3.05) is 13.7 Å². The van der Waals surface area contributed by atoms with Crippen LogP contribution < -0.4 is 0 Å². The first kappa shape index (κ1) is 15.8. The zero-order chi connectivity index (χ0) is 15.2. The number of likely N-dealkylation sites (N-methyl/N-ethyl adjacent to an activating group) is 1. The SMILES string of the molecule is CC1CCCCC1OCC(=O)N(C)Cc1cccc(O)c1. The van der Waals surface area contributed by atoms with Gasteiger partial charge in [0, 0.05) is 13.6 Å². The quantitative estimate of drug-likeness (QED) is 0.907. The molecule has 1 saturated carbocycles. The summed E-state index contributed by atoms with van der Waals surface area (Å²) in [4.78, 5) is 13.8. The Hall–Kier alpha value is -1.55. The number of hydrogen-bond donors (Lipinski definition) is 1. The van der Waals surface area contributed by atoms with E-state index in [2.05, 4.69) is 6.92 Å². The predicted octanol–water partition coefficient (Wildman–Crippen LogP) is 2.95. The highest BCUT2D eigenvalue weighted by molar-refractivity contribution is 5.77. The molecule has 1 fully saturated rings. The van der Waals surface area contributed by atoms with Gasteiger partial charge in [-0.15, -0.1) is 0 Å². The minimum atomic E-state index is -0.0175. The van der Waals surface area contributed by atoms with Gasteiger partial charge in [-0.25, -0.2) is 0 Å². The van der Waals surface area contributed by atoms with Crippen LogP contribution in [0.4, 0.5) is 0 Å². The Morgan fingerprint density at radius 3 is 2.86 bits per heavy atom. The van der Waals surface area contributed by atoms with Crippen LogP contribution in [0.15, 0.2) is 24.3 Å². The molecule has 1 aliphatic rings. The number of phenolic OH excluding ortho intramolecular Hbond substituents is 1. The van der Waals surface area contributed by atoms with E-state index in [0.717, 1.165) is 12.0 Å². The molecular formula is C17H25NO3. The van der Waals surface area contributed by atoms with Crippen molar-refractivity contribution in [3.63, 3.8) is 0 Å². The van der Waals surface area contributed by atoms with Crippen LogP contribution in [0.2, 0.25) is 0 Å². The fourth-order valence-corrected chi connectivity index (χ4v) is 2.84. The largest absolute Gasteiger partial charge is 0.508 e. The molecule has 0 bridgehead atoms. The van der Waals surface area contributed by atoms with Gasteiger partial charge in [-0.05, 0) is 36.5 Å². The number of amides is 1. The molecule has 2 atom stereocenters. The minimum Gasteiger partial charge on any atom is -0.508 e. The van der Waals surface area contributed by atoms with E-state index < -0.39 is 0 Å². The van der Waals surface area contributed by atoms with E-state index in [4.69, 9.17) is 4.74 Å². The topological polar surface area (TPSA) is 49.8 Å². The maximum Gasteiger partial charge on any atom is 0.248 e. The summed E-state index contributed by atoms with van der Waals surface area (Å²) >= 11 is 0. The zero-order valence-electron chi connectivity index (χ0n) is 12.9. The first-order valence-corrected chi connectivity index (χ1v) is 7.69. The normalized spacial score (nSPS) is 22.0. The van der Waals surface area contributed by atoms with Gasteiger partial charge in [0.05, 0.1) is 6.10 Å². The average molecular weight is 291 g/mol. The summed E-state index contributed by atoms with van der Waals surface area (Å²) in [6, 6.07) is 6.98. The van der Waals surface area contributed by atoms with Gasteiger partial charge in [-0.3, -0.25) is 4.79 Å². The van der Waals surface area contributed by atoms with E-state index in [1.54, 1.807) is 30.1 Å². The molecule has 21 heavy (non-hydrogen) atoms. The lowest BCUT2D eigenvalue weighted by Gasteiger charge is -2.29. The van der Waals surface area contributed by atoms with Crippen molar-refractivity contribution < 1.29 is 14.6 Å². The molecule has 2 rings (SSSR count). The van der Waals surface area contributed by atoms with Gasteiger partial charge in [0.1, 0.15) is 12.4 Å². The van der Waals surface area contributed by atoms with E-state index in [0.29, 0.717) is 12.5 Å². The van der Waals surface area contributed by atoms with Crippen LogP contribution in [-0.2, 0) is 16.1 Å². The Morgan fingerprint density at radius 1 is 1.38 bits per heavy atom. The molecule has 0 spiro atoms. The highest BCUT2D eigenvalue weighted by Gasteiger charge is 2.23. The monoisotopic (exact) mass is 291 g/mol. The van der Waals surface area contributed by atoms with Crippen molar-refractivity contribution >= 4 is 5.91 Å². The van der Waals surface area contributed by atoms with E-state index in [9.17, 15) is 9.90 Å². The third kappa shape index (κ3) is 4.74. The highest BCUT2D eigenvalue weighted by atomic mass is 16.5. The number of rotatable bonds is 5. The number of carbonyl (C=O) groups excluding carboxylic acids is 1. The standard InChI is InChI=1S/C17H25NO3/c1-13-6-3-4-9-16(13)21-12-17(20)18(2)11-14-7-5-8-15(19)10-14/h5,7-8,10,13,16,19H,3-4,6,9,11-12H2,1-2H3. The van der Waals surface area contributed by atoms with Crippen molar-refractivity contribution in [3.05, 3.63) is 29.8 Å². The summed E-state index contributed by atoms with van der Waals surface area (Å²) in [5, 5.41) is 9.44. The third-order valence-corrected chi connectivity index (χ3v) is 4.21. The predicted molar refractivity (Wildman–Crippen MR) is 82.0 cm³/mol. The van der Waals surface area contributed by atoms with Crippen LogP contribution in [0.5, 0.6) is 5.75 Å². The molecule has 1 aromatic rings. The first-order valence-electron chi connectivity index (χ1n) is 7.69. The summed E-state index contributed by atoms with van der Waals surface area (Å²) < 4.78 is 5.80. The van der Waals surface area contributed by atoms with Crippen molar-refractivity contribution in [2.45, 2.75) is 45.3 Å². The molecule has 4 heteroatoms. The summed E-state index contributed by atoms with van der Waals surface area (Å²) in [5.74, 6) is 0.750. The average Bonchev–Trinajstić information content (AvgIpc) is 2.46. The van der Waals surface area contributed by atoms with Crippen LogP contribution in [0.1, 0.15) is 38.2 Å². The van der Waals surface area contributed by atoms with Crippen LogP contribution >= 0.6 is 0 Å². The third-order valence-electron chi connectivity index (χ3n) is 4.21. The number of ether oxygens (including phenoxy) is 1. The van der Waals surface area contributed by atoms with Crippen molar-refractivity contribution in [1.29, 1.82) is 0 Å². The Labute approximate surface area is 126 Å². The van der Waals surface area contributed by atoms with E-state index in [-0.39, 0.29) is 24.4 Å². The maximum atomic E-state index is 12.1. The Balaban J connectivity index is 1.79. The van der Waals surface area contributed by atoms with E-state index >= 15 is 0 Å². The molecule has 0 heterocycles. The number of phenols is 1. The Bertz CT molecular complexity index is 475. The molecule has 4 nitrogen and oxygen atoms in total. The van der Waals surface area contributed by atoms with E-state index in [1.165, 1.54) is 19.3 Å². The van der Waals surface area contributed by atoms with Gasteiger partial charge in [0.25, 0.3) is 0 Å². The molecule has 0 aromatic heterocycles. The van der Waals surface area contributed by atoms with Crippen LogP contribution in [-0.4, -0.2) is 35.7 Å². The van der Waals surface area contributed by atoms with Gasteiger partial charge in [0.2, 0.25) is 5.91 Å². The number of nitrogens with zero attached hydrogens (tertiary/aromatic N) is 1. The number of carbonyl (C=O) groups is 1. The molecule has 1 aliphatic carbocycles. The molecule has 1 amide bonds. The van der Waals surface area contributed by atoms with Crippen LogP contribution in [0.25, 0.3) is 0 Å². The molecule has 0 saturated heterocycles. The van der Waals surface area contributed by atoms with Gasteiger partial charge in [-0.2, -0.15) is 0 Å². The number of aromatic hydroxyl groups is 1. The lowest BCUT2D eigenvalue weighted by atomic mass is 9.88. The van der Waals surface area contributed by atoms with Crippen molar-refractivity contribution in [2.24, 2.45) is 5.92 Å². The van der Waals surface area contributed by atoms with Crippen LogP contribution in [0.3, 0.4) is 0 Å². The van der Waals surface area contributed by atoms with Gasteiger partial charge in [0.15, 0.2) is 0 Å². The molecule has 116 valence electrons. The zero-order valence-corrected chi connectivity index (χ0v) is 12.9. The van der Waals surface area contributed by atoms with E-state index in [1.807, 2.05) is 6.07 Å². The number of hydrogen-bond acceptors (Lipinski definition) is 3. The minimum absolute atomic E-state index is 0.0175. The van der Waals surface area contributed by atoms with Gasteiger partial charge in [-0.1, -0.05) is 31.9 Å². The maximum absolute atomic E-state index is 12.1. The summed E-state index contributed by atoms with van der Waals surface area (Å²) in [7, 11) is 1.76. The summed E-state index contributed by atoms with van der Waals surface area (Å²) in [6.45, 7) is 2.83. The fourth-order valence-electron chi connectivity index (χ4n) is 2.84. The lowest BCUT2D eigenvalue weighted by molar-refractivity contribution is -0.139. The van der Waals surface area contributed by atoms with Gasteiger partial charge < -0.3 is 14.7 Å². The summed E-state index contributed by atoms with van der Waals surface area (Å²) in [6.07, 6.45) is 4.94. The lowest BCUT2D eigenvalue weighted by Crippen LogP contribution is -2.34. The second kappa shape index (κ2) is 7.46. The second-order valence-corrected chi connectivity index (χ2v) is 6.03. The van der Waals surface area contributed by atoms with Crippen LogP contribution in [0, 0.1) is 5.92 Å². The summed E-state index contributed by atoms with van der Waals surface area (Å²) in [5.41, 5.74) is 0.914. The Kier molecular flexibility index (Phi) is 5.62. The van der Waals surface area contributed by atoms with Crippen molar-refractivity contribution in [3.8, 4) is 5.75 Å². The molecular weight excluding hydrogens is 266 g/mol. The molecule has 2 unspecified atom stereocenters. The van der Waals surface area contributed by atoms with Gasteiger partial charge >= 0.3 is 0 Å². The van der Waals surface area contributed by atoms with Crippen molar-refractivity contribution in [1.82, 2.24) is 4.90 Å². The fraction of sp³-hybridized carbons (Fsp3) is 0.588. The molecule has 0 radical (unpaired) electrons. The Morgan fingerprint density at radius 2 is 2.14 bits per heavy atom. The number of benzene rings is 1. The molecule has 1 aromatic carbocycles. The molecule has 0 aliphatic heterocycles. The first-order chi connectivity index (χ1) is 10.1. The molecule has 1 N–H and O–H groups in total. The second-order valence-electron chi connectivity index (χ2n) is 6.03. The highest BCUT2D eigenvalue weighted by Crippen LogP contribution is 2.26. The smallest absolute Gasteiger partial charge is 0.248 e.